The molecule has 4 rings (SSSR count). The molecule has 3 aromatic rings. The monoisotopic (exact) mass is 341 g/mol. The van der Waals surface area contributed by atoms with Crippen LogP contribution in [0.1, 0.15) is 30.5 Å². The number of imidazole rings is 1. The van der Waals surface area contributed by atoms with Crippen molar-refractivity contribution < 1.29 is 9.32 Å². The zero-order valence-corrected chi connectivity index (χ0v) is 13.9. The molecule has 0 unspecified atom stereocenters. The van der Waals surface area contributed by atoms with E-state index >= 15 is 0 Å². The number of aryl methyl sites for hydroxylation is 1. The molecular formula is C17H19N5O3. The Kier molecular flexibility index (Phi) is 3.87. The van der Waals surface area contributed by atoms with E-state index < -0.39 is 0 Å². The number of fused-ring (bicyclic) bond motifs is 1. The van der Waals surface area contributed by atoms with Gasteiger partial charge in [-0.05, 0) is 25.0 Å². The molecule has 0 bridgehead atoms. The van der Waals surface area contributed by atoms with Crippen LogP contribution in [0.3, 0.4) is 0 Å². The topological polar surface area (TPSA) is 97.0 Å². The number of benzene rings is 1. The van der Waals surface area contributed by atoms with E-state index in [1.54, 1.807) is 11.8 Å². The Morgan fingerprint density at radius 1 is 1.40 bits per heavy atom. The predicted octanol–water partition coefficient (Wildman–Crippen LogP) is 1.43. The highest BCUT2D eigenvalue weighted by atomic mass is 16.5. The van der Waals surface area contributed by atoms with Crippen LogP contribution < -0.4 is 5.69 Å². The summed E-state index contributed by atoms with van der Waals surface area (Å²) >= 11 is 0. The maximum atomic E-state index is 12.7. The summed E-state index contributed by atoms with van der Waals surface area (Å²) < 4.78 is 6.53. The number of likely N-dealkylation sites (tertiary alicyclic amines) is 1. The number of H-pyrrole nitrogens is 1. The quantitative estimate of drug-likeness (QED) is 0.777. The maximum absolute atomic E-state index is 12.7. The standard InChI is InChI=1S/C17H19N5O3/c1-11-18-16(20-25-11)12-5-4-8-21(9-12)15(23)10-22-14-7-3-2-6-13(14)19-17(22)24/h2-3,6-7,12H,4-5,8-10H2,1H3,(H,19,24)/t12-/m1/s1. The molecular weight excluding hydrogens is 322 g/mol. The minimum absolute atomic E-state index is 0.0286. The molecule has 1 atom stereocenters. The average Bonchev–Trinajstić information content (AvgIpc) is 3.19. The van der Waals surface area contributed by atoms with Crippen molar-refractivity contribution in [2.75, 3.05) is 13.1 Å². The molecule has 0 aliphatic carbocycles. The van der Waals surface area contributed by atoms with Gasteiger partial charge >= 0.3 is 5.69 Å². The first kappa shape index (κ1) is 15.6. The molecule has 1 amide bonds. The number of amides is 1. The number of hydrogen-bond acceptors (Lipinski definition) is 5. The van der Waals surface area contributed by atoms with Crippen LogP contribution in [0.15, 0.2) is 33.6 Å². The molecule has 0 radical (unpaired) electrons. The van der Waals surface area contributed by atoms with Crippen molar-refractivity contribution >= 4 is 16.9 Å². The van der Waals surface area contributed by atoms with Gasteiger partial charge in [-0.15, -0.1) is 0 Å². The van der Waals surface area contributed by atoms with E-state index in [4.69, 9.17) is 4.52 Å². The number of carbonyl (C=O) groups is 1. The lowest BCUT2D eigenvalue weighted by Gasteiger charge is -2.31. The summed E-state index contributed by atoms with van der Waals surface area (Å²) in [4.78, 5) is 33.7. The highest BCUT2D eigenvalue weighted by molar-refractivity contribution is 5.80. The lowest BCUT2D eigenvalue weighted by Crippen LogP contribution is -2.42. The van der Waals surface area contributed by atoms with Gasteiger partial charge in [-0.1, -0.05) is 17.3 Å². The predicted molar refractivity (Wildman–Crippen MR) is 90.1 cm³/mol. The van der Waals surface area contributed by atoms with Crippen LogP contribution in [-0.2, 0) is 11.3 Å². The van der Waals surface area contributed by atoms with Crippen molar-refractivity contribution in [3.8, 4) is 0 Å². The summed E-state index contributed by atoms with van der Waals surface area (Å²) in [5.41, 5.74) is 1.21. The highest BCUT2D eigenvalue weighted by Gasteiger charge is 2.28. The van der Waals surface area contributed by atoms with Crippen LogP contribution in [0.4, 0.5) is 0 Å². The Bertz CT molecular complexity index is 970. The first-order chi connectivity index (χ1) is 12.1. The molecule has 0 spiro atoms. The van der Waals surface area contributed by atoms with E-state index in [0.717, 1.165) is 23.9 Å². The fraction of sp³-hybridized carbons (Fsp3) is 0.412. The van der Waals surface area contributed by atoms with Crippen LogP contribution in [0.2, 0.25) is 0 Å². The van der Waals surface area contributed by atoms with E-state index in [2.05, 4.69) is 15.1 Å². The van der Waals surface area contributed by atoms with Crippen LogP contribution in [0.25, 0.3) is 11.0 Å². The Morgan fingerprint density at radius 3 is 3.04 bits per heavy atom. The van der Waals surface area contributed by atoms with Gasteiger partial charge in [-0.3, -0.25) is 9.36 Å². The highest BCUT2D eigenvalue weighted by Crippen LogP contribution is 2.25. The molecule has 25 heavy (non-hydrogen) atoms. The number of aromatic amines is 1. The van der Waals surface area contributed by atoms with Crippen LogP contribution in [0.5, 0.6) is 0 Å². The van der Waals surface area contributed by atoms with Crippen molar-refractivity contribution in [3.05, 3.63) is 46.5 Å². The number of para-hydroxylation sites is 2. The largest absolute Gasteiger partial charge is 0.340 e. The number of hydrogen-bond donors (Lipinski definition) is 1. The molecule has 1 aliphatic heterocycles. The van der Waals surface area contributed by atoms with Gasteiger partial charge in [0.25, 0.3) is 0 Å². The van der Waals surface area contributed by atoms with Crippen molar-refractivity contribution in [2.45, 2.75) is 32.2 Å². The average molecular weight is 341 g/mol. The SMILES string of the molecule is Cc1nc([C@@H]2CCCN(C(=O)Cn3c(=O)[nH]c4ccccc43)C2)no1. The van der Waals surface area contributed by atoms with E-state index in [1.165, 1.54) is 4.57 Å². The summed E-state index contributed by atoms with van der Waals surface area (Å²) in [6.07, 6.45) is 1.81. The van der Waals surface area contributed by atoms with Crippen molar-refractivity contribution in [3.63, 3.8) is 0 Å². The molecule has 130 valence electrons. The molecule has 1 aliphatic rings. The van der Waals surface area contributed by atoms with Crippen LogP contribution in [-0.4, -0.2) is 43.6 Å². The molecule has 1 saturated heterocycles. The van der Waals surface area contributed by atoms with Crippen molar-refractivity contribution in [2.24, 2.45) is 0 Å². The molecule has 1 fully saturated rings. The Hall–Kier alpha value is -2.90. The second-order valence-corrected chi connectivity index (χ2v) is 6.38. The summed E-state index contributed by atoms with van der Waals surface area (Å²) in [6, 6.07) is 7.37. The van der Waals surface area contributed by atoms with E-state index in [-0.39, 0.29) is 24.1 Å². The van der Waals surface area contributed by atoms with Gasteiger partial charge in [0.2, 0.25) is 11.8 Å². The van der Waals surface area contributed by atoms with Gasteiger partial charge in [-0.2, -0.15) is 4.98 Å². The van der Waals surface area contributed by atoms with Gasteiger partial charge in [0.05, 0.1) is 11.0 Å². The van der Waals surface area contributed by atoms with Gasteiger partial charge in [0.15, 0.2) is 5.82 Å². The second-order valence-electron chi connectivity index (χ2n) is 6.38. The van der Waals surface area contributed by atoms with Crippen molar-refractivity contribution in [1.29, 1.82) is 0 Å². The van der Waals surface area contributed by atoms with E-state index in [1.807, 2.05) is 24.3 Å². The number of nitrogens with one attached hydrogen (secondary N) is 1. The number of rotatable bonds is 3. The number of carbonyl (C=O) groups excluding carboxylic acids is 1. The summed E-state index contributed by atoms with van der Waals surface area (Å²) in [7, 11) is 0. The third kappa shape index (κ3) is 2.95. The van der Waals surface area contributed by atoms with Gasteiger partial charge in [-0.25, -0.2) is 4.79 Å². The lowest BCUT2D eigenvalue weighted by molar-refractivity contribution is -0.133. The van der Waals surface area contributed by atoms with Crippen LogP contribution >= 0.6 is 0 Å². The zero-order valence-electron chi connectivity index (χ0n) is 13.9. The summed E-state index contributed by atoms with van der Waals surface area (Å²) in [5, 5.41) is 3.98. The van der Waals surface area contributed by atoms with Crippen molar-refractivity contribution in [1.82, 2.24) is 24.6 Å². The van der Waals surface area contributed by atoms with Gasteiger partial charge in [0, 0.05) is 25.9 Å². The Morgan fingerprint density at radius 2 is 2.24 bits per heavy atom. The smallest absolute Gasteiger partial charge is 0.326 e. The first-order valence-electron chi connectivity index (χ1n) is 8.37. The second kappa shape index (κ2) is 6.19. The normalized spacial score (nSPS) is 18.0. The summed E-state index contributed by atoms with van der Waals surface area (Å²) in [5.74, 6) is 1.19. The molecule has 1 aromatic carbocycles. The minimum Gasteiger partial charge on any atom is -0.340 e. The maximum Gasteiger partial charge on any atom is 0.326 e. The number of piperidine rings is 1. The third-order valence-corrected chi connectivity index (χ3v) is 4.66. The number of nitrogens with zero attached hydrogens (tertiary/aromatic N) is 4. The molecule has 0 saturated carbocycles. The van der Waals surface area contributed by atoms with Gasteiger partial charge in [0.1, 0.15) is 6.54 Å². The Labute approximate surface area is 143 Å². The molecule has 8 heteroatoms. The fourth-order valence-corrected chi connectivity index (χ4v) is 3.39. The molecule has 2 aromatic heterocycles. The van der Waals surface area contributed by atoms with E-state index in [9.17, 15) is 9.59 Å². The third-order valence-electron chi connectivity index (χ3n) is 4.66. The zero-order chi connectivity index (χ0) is 17.4. The molecule has 8 nitrogen and oxygen atoms in total. The van der Waals surface area contributed by atoms with Gasteiger partial charge < -0.3 is 14.4 Å². The van der Waals surface area contributed by atoms with Crippen LogP contribution in [0, 0.1) is 6.92 Å². The Balaban J connectivity index is 1.52. The molecule has 1 N–H and O–H groups in total. The lowest BCUT2D eigenvalue weighted by atomic mass is 9.97. The first-order valence-corrected chi connectivity index (χ1v) is 8.37. The molecule has 3 heterocycles. The summed E-state index contributed by atoms with van der Waals surface area (Å²) in [6.45, 7) is 3.02. The number of aromatic nitrogens is 4. The fourth-order valence-electron chi connectivity index (χ4n) is 3.39. The minimum atomic E-state index is -0.267. The van der Waals surface area contributed by atoms with E-state index in [0.29, 0.717) is 24.8 Å².